The Labute approximate surface area is 118 Å². The maximum atomic E-state index is 11.0. The van der Waals surface area contributed by atoms with Gasteiger partial charge in [-0.3, -0.25) is 4.90 Å². The molecule has 0 amide bonds. The van der Waals surface area contributed by atoms with E-state index in [1.54, 1.807) is 0 Å². The second-order valence-corrected chi connectivity index (χ2v) is 6.75. The van der Waals surface area contributed by atoms with Crippen molar-refractivity contribution in [2.24, 2.45) is 5.14 Å². The number of hydrogen-bond acceptors (Lipinski definition) is 4. The molecule has 0 saturated carbocycles. The number of primary sulfonamides is 1. The molecule has 1 aliphatic heterocycles. The van der Waals surface area contributed by atoms with Crippen LogP contribution in [-0.2, 0) is 14.8 Å². The van der Waals surface area contributed by atoms with Gasteiger partial charge in [0.1, 0.15) is 0 Å². The maximum absolute atomic E-state index is 11.0. The van der Waals surface area contributed by atoms with Crippen molar-refractivity contribution in [2.75, 3.05) is 32.0 Å². The van der Waals surface area contributed by atoms with Gasteiger partial charge in [0, 0.05) is 24.7 Å². The van der Waals surface area contributed by atoms with Gasteiger partial charge in [-0.1, -0.05) is 23.7 Å². The summed E-state index contributed by atoms with van der Waals surface area (Å²) in [6.45, 7) is 2.40. The third kappa shape index (κ3) is 4.74. The normalized spacial score (nSPS) is 21.5. The van der Waals surface area contributed by atoms with E-state index in [0.717, 1.165) is 12.1 Å². The van der Waals surface area contributed by atoms with Crippen molar-refractivity contribution >= 4 is 21.6 Å². The van der Waals surface area contributed by atoms with E-state index in [2.05, 4.69) is 0 Å². The Kier molecular flexibility index (Phi) is 4.81. The first kappa shape index (κ1) is 14.7. The zero-order valence-electron chi connectivity index (χ0n) is 10.5. The third-order valence-corrected chi connectivity index (χ3v) is 4.09. The van der Waals surface area contributed by atoms with Gasteiger partial charge in [-0.25, -0.2) is 13.6 Å². The molecule has 19 heavy (non-hydrogen) atoms. The first-order chi connectivity index (χ1) is 8.94. The fraction of sp³-hybridized carbons (Fsp3) is 0.500. The van der Waals surface area contributed by atoms with Crippen molar-refractivity contribution in [1.82, 2.24) is 4.90 Å². The highest BCUT2D eigenvalue weighted by molar-refractivity contribution is 7.89. The first-order valence-electron chi connectivity index (χ1n) is 6.04. The topological polar surface area (TPSA) is 72.6 Å². The van der Waals surface area contributed by atoms with E-state index in [0.29, 0.717) is 24.7 Å². The van der Waals surface area contributed by atoms with Crippen molar-refractivity contribution < 1.29 is 13.2 Å². The SMILES string of the molecule is NS(=O)(=O)CCN1CCO[C@H](c2ccc(Cl)cc2)C1. The standard InChI is InChI=1S/C12H17ClN2O3S/c13-11-3-1-10(2-4-11)12-9-15(5-7-18-12)6-8-19(14,16)17/h1-4,12H,5-9H2,(H2,14,16,17)/t12-/m0/s1. The van der Waals surface area contributed by atoms with Gasteiger partial charge in [0.05, 0.1) is 18.5 Å². The van der Waals surface area contributed by atoms with Crippen molar-refractivity contribution in [1.29, 1.82) is 0 Å². The lowest BCUT2D eigenvalue weighted by Crippen LogP contribution is -2.41. The van der Waals surface area contributed by atoms with E-state index in [1.165, 1.54) is 0 Å². The lowest BCUT2D eigenvalue weighted by molar-refractivity contribution is -0.0279. The lowest BCUT2D eigenvalue weighted by atomic mass is 10.1. The van der Waals surface area contributed by atoms with E-state index in [4.69, 9.17) is 21.5 Å². The number of hydrogen-bond donors (Lipinski definition) is 1. The molecule has 0 bridgehead atoms. The zero-order chi connectivity index (χ0) is 13.9. The molecule has 0 aromatic heterocycles. The van der Waals surface area contributed by atoms with Crippen LogP contribution in [0.15, 0.2) is 24.3 Å². The zero-order valence-corrected chi connectivity index (χ0v) is 12.0. The number of ether oxygens (including phenoxy) is 1. The molecule has 1 heterocycles. The molecule has 1 aliphatic rings. The van der Waals surface area contributed by atoms with Crippen LogP contribution < -0.4 is 5.14 Å². The van der Waals surface area contributed by atoms with Crippen LogP contribution in [0.4, 0.5) is 0 Å². The number of sulfonamides is 1. The summed E-state index contributed by atoms with van der Waals surface area (Å²) in [6.07, 6.45) is -0.0495. The van der Waals surface area contributed by atoms with Gasteiger partial charge in [-0.2, -0.15) is 0 Å². The van der Waals surface area contributed by atoms with Gasteiger partial charge in [0.2, 0.25) is 10.0 Å². The highest BCUT2D eigenvalue weighted by atomic mass is 35.5. The molecule has 0 aliphatic carbocycles. The molecule has 0 spiro atoms. The van der Waals surface area contributed by atoms with Crippen LogP contribution in [0, 0.1) is 0 Å². The quantitative estimate of drug-likeness (QED) is 0.901. The second kappa shape index (κ2) is 6.19. The Morgan fingerprint density at radius 2 is 2.05 bits per heavy atom. The summed E-state index contributed by atoms with van der Waals surface area (Å²) in [6, 6.07) is 7.50. The summed E-state index contributed by atoms with van der Waals surface area (Å²) >= 11 is 5.85. The van der Waals surface area contributed by atoms with E-state index in [-0.39, 0.29) is 11.9 Å². The monoisotopic (exact) mass is 304 g/mol. The Morgan fingerprint density at radius 3 is 2.68 bits per heavy atom. The van der Waals surface area contributed by atoms with Gasteiger partial charge in [0.25, 0.3) is 0 Å². The summed E-state index contributed by atoms with van der Waals surface area (Å²) in [4.78, 5) is 2.05. The van der Waals surface area contributed by atoms with Crippen molar-refractivity contribution in [3.05, 3.63) is 34.9 Å². The van der Waals surface area contributed by atoms with Crippen LogP contribution in [0.5, 0.6) is 0 Å². The molecule has 2 N–H and O–H groups in total. The van der Waals surface area contributed by atoms with Gasteiger partial charge in [-0.05, 0) is 17.7 Å². The van der Waals surface area contributed by atoms with Gasteiger partial charge in [0.15, 0.2) is 0 Å². The van der Waals surface area contributed by atoms with Crippen LogP contribution in [0.2, 0.25) is 5.02 Å². The molecular formula is C12H17ClN2O3S. The largest absolute Gasteiger partial charge is 0.371 e. The lowest BCUT2D eigenvalue weighted by Gasteiger charge is -2.32. The summed E-state index contributed by atoms with van der Waals surface area (Å²) in [5.74, 6) is -0.0274. The minimum Gasteiger partial charge on any atom is -0.371 e. The summed E-state index contributed by atoms with van der Waals surface area (Å²) in [5, 5.41) is 5.70. The summed E-state index contributed by atoms with van der Waals surface area (Å²) < 4.78 is 27.6. The average molecular weight is 305 g/mol. The number of rotatable bonds is 4. The number of nitrogens with two attached hydrogens (primary N) is 1. The maximum Gasteiger partial charge on any atom is 0.210 e. The van der Waals surface area contributed by atoms with E-state index >= 15 is 0 Å². The van der Waals surface area contributed by atoms with Crippen LogP contribution in [-0.4, -0.2) is 45.3 Å². The second-order valence-electron chi connectivity index (χ2n) is 4.58. The summed E-state index contributed by atoms with van der Waals surface area (Å²) in [7, 11) is -3.41. The molecule has 1 aromatic rings. The average Bonchev–Trinajstić information content (AvgIpc) is 2.37. The Hall–Kier alpha value is -0.660. The molecule has 0 unspecified atom stereocenters. The first-order valence-corrected chi connectivity index (χ1v) is 8.13. The van der Waals surface area contributed by atoms with Crippen molar-refractivity contribution in [3.63, 3.8) is 0 Å². The van der Waals surface area contributed by atoms with Gasteiger partial charge >= 0.3 is 0 Å². The molecule has 1 saturated heterocycles. The molecule has 2 rings (SSSR count). The number of morpholine rings is 1. The van der Waals surface area contributed by atoms with Crippen LogP contribution >= 0.6 is 11.6 Å². The molecule has 106 valence electrons. The Balaban J connectivity index is 1.95. The number of nitrogens with zero attached hydrogens (tertiary/aromatic N) is 1. The minimum absolute atomic E-state index is 0.0274. The smallest absolute Gasteiger partial charge is 0.210 e. The van der Waals surface area contributed by atoms with Crippen LogP contribution in [0.3, 0.4) is 0 Å². The number of benzene rings is 1. The predicted octanol–water partition coefficient (Wildman–Crippen LogP) is 1.00. The molecular weight excluding hydrogens is 288 g/mol. The summed E-state index contributed by atoms with van der Waals surface area (Å²) in [5.41, 5.74) is 1.05. The highest BCUT2D eigenvalue weighted by Gasteiger charge is 2.22. The molecule has 1 atom stereocenters. The van der Waals surface area contributed by atoms with Crippen LogP contribution in [0.1, 0.15) is 11.7 Å². The molecule has 5 nitrogen and oxygen atoms in total. The molecule has 7 heteroatoms. The van der Waals surface area contributed by atoms with Crippen LogP contribution in [0.25, 0.3) is 0 Å². The fourth-order valence-corrected chi connectivity index (χ4v) is 2.68. The van der Waals surface area contributed by atoms with Crippen molar-refractivity contribution in [3.8, 4) is 0 Å². The predicted molar refractivity (Wildman–Crippen MR) is 74.6 cm³/mol. The fourth-order valence-electron chi connectivity index (χ4n) is 2.04. The molecule has 0 radical (unpaired) electrons. The minimum atomic E-state index is -3.41. The third-order valence-electron chi connectivity index (χ3n) is 3.08. The number of halogens is 1. The molecule has 1 aromatic carbocycles. The molecule has 1 fully saturated rings. The Morgan fingerprint density at radius 1 is 1.37 bits per heavy atom. The van der Waals surface area contributed by atoms with Gasteiger partial charge < -0.3 is 4.74 Å². The van der Waals surface area contributed by atoms with Crippen molar-refractivity contribution in [2.45, 2.75) is 6.10 Å². The van der Waals surface area contributed by atoms with E-state index in [1.807, 2.05) is 29.2 Å². The highest BCUT2D eigenvalue weighted by Crippen LogP contribution is 2.23. The van der Waals surface area contributed by atoms with E-state index < -0.39 is 10.0 Å². The Bertz CT molecular complexity index is 518. The van der Waals surface area contributed by atoms with E-state index in [9.17, 15) is 8.42 Å². The van der Waals surface area contributed by atoms with Gasteiger partial charge in [-0.15, -0.1) is 0 Å².